The van der Waals surface area contributed by atoms with Gasteiger partial charge in [0.1, 0.15) is 0 Å². The monoisotopic (exact) mass is 347 g/mol. The largest absolute Gasteiger partial charge is 0.373 e. The Morgan fingerprint density at radius 1 is 1.23 bits per heavy atom. The van der Waals surface area contributed by atoms with Gasteiger partial charge in [0.15, 0.2) is 0 Å². The highest BCUT2D eigenvalue weighted by molar-refractivity contribution is 5.85. The summed E-state index contributed by atoms with van der Waals surface area (Å²) in [5.74, 6) is 0.138. The second kappa shape index (κ2) is 9.93. The van der Waals surface area contributed by atoms with Crippen LogP contribution in [0.1, 0.15) is 25.7 Å². The van der Waals surface area contributed by atoms with Crippen LogP contribution < -0.4 is 16.0 Å². The fraction of sp³-hybridized carbons (Fsp3) is 0.562. The van der Waals surface area contributed by atoms with Crippen molar-refractivity contribution >= 4 is 36.4 Å². The van der Waals surface area contributed by atoms with Crippen LogP contribution in [0.25, 0.3) is 0 Å². The predicted octanol–water partition coefficient (Wildman–Crippen LogP) is 2.60. The van der Waals surface area contributed by atoms with Crippen molar-refractivity contribution in [3.8, 4) is 0 Å². The highest BCUT2D eigenvalue weighted by Crippen LogP contribution is 2.37. The van der Waals surface area contributed by atoms with E-state index in [2.05, 4.69) is 22.3 Å². The number of benzene rings is 1. The topological polar surface area (TPSA) is 58.4 Å². The van der Waals surface area contributed by atoms with Gasteiger partial charge in [-0.3, -0.25) is 4.79 Å². The molecule has 0 spiro atoms. The molecule has 22 heavy (non-hydrogen) atoms. The van der Waals surface area contributed by atoms with E-state index >= 15 is 0 Å². The number of likely N-dealkylation sites (N-methyl/N-ethyl adjacent to an activating group) is 1. The Kier molecular flexibility index (Phi) is 9.49. The first-order valence-corrected chi connectivity index (χ1v) is 7.42. The number of carbonyl (C=O) groups excluding carboxylic acids is 1. The molecular weight excluding hydrogens is 321 g/mol. The van der Waals surface area contributed by atoms with E-state index < -0.39 is 0 Å². The summed E-state index contributed by atoms with van der Waals surface area (Å²) in [5.41, 5.74) is 6.68. The molecule has 0 saturated heterocycles. The zero-order valence-corrected chi connectivity index (χ0v) is 14.7. The third kappa shape index (κ3) is 5.04. The Hall–Kier alpha value is -0.970. The molecule has 3 N–H and O–H groups in total. The summed E-state index contributed by atoms with van der Waals surface area (Å²) in [6.45, 7) is 1.93. The van der Waals surface area contributed by atoms with Crippen LogP contribution in [-0.4, -0.2) is 32.6 Å². The van der Waals surface area contributed by atoms with Crippen LogP contribution >= 0.6 is 24.8 Å². The Balaban J connectivity index is 0.00000220. The van der Waals surface area contributed by atoms with Crippen molar-refractivity contribution in [3.63, 3.8) is 0 Å². The van der Waals surface area contributed by atoms with E-state index in [1.165, 1.54) is 0 Å². The van der Waals surface area contributed by atoms with Crippen LogP contribution in [0.15, 0.2) is 30.3 Å². The highest BCUT2D eigenvalue weighted by atomic mass is 35.5. The van der Waals surface area contributed by atoms with Gasteiger partial charge in [0.2, 0.25) is 5.91 Å². The molecule has 0 bridgehead atoms. The summed E-state index contributed by atoms with van der Waals surface area (Å²) < 4.78 is 0. The van der Waals surface area contributed by atoms with Crippen LogP contribution in [-0.2, 0) is 4.79 Å². The molecule has 0 atom stereocenters. The molecule has 6 heteroatoms. The summed E-state index contributed by atoms with van der Waals surface area (Å²) in [7, 11) is 2.04. The van der Waals surface area contributed by atoms with Crippen molar-refractivity contribution in [2.45, 2.75) is 25.7 Å². The molecule has 0 radical (unpaired) electrons. The van der Waals surface area contributed by atoms with Crippen LogP contribution in [0.3, 0.4) is 0 Å². The lowest BCUT2D eigenvalue weighted by Gasteiger charge is -2.27. The van der Waals surface area contributed by atoms with Gasteiger partial charge in [-0.05, 0) is 25.0 Å². The highest BCUT2D eigenvalue weighted by Gasteiger charge is 2.39. The number of anilines is 1. The average Bonchev–Trinajstić information content (AvgIpc) is 2.98. The lowest BCUT2D eigenvalue weighted by molar-refractivity contribution is -0.130. The summed E-state index contributed by atoms with van der Waals surface area (Å²) in [6, 6.07) is 10.2. The number of nitrogens with two attached hydrogens (primary N) is 1. The lowest BCUT2D eigenvalue weighted by Crippen LogP contribution is -2.46. The maximum atomic E-state index is 12.3. The van der Waals surface area contributed by atoms with Gasteiger partial charge in [-0.1, -0.05) is 31.0 Å². The van der Waals surface area contributed by atoms with Crippen LogP contribution in [0, 0.1) is 5.41 Å². The molecule has 0 unspecified atom stereocenters. The fourth-order valence-electron chi connectivity index (χ4n) is 2.91. The quantitative estimate of drug-likeness (QED) is 0.831. The second-order valence-corrected chi connectivity index (χ2v) is 5.70. The van der Waals surface area contributed by atoms with Gasteiger partial charge < -0.3 is 16.0 Å². The first kappa shape index (κ1) is 21.0. The fourth-order valence-corrected chi connectivity index (χ4v) is 2.91. The lowest BCUT2D eigenvalue weighted by atomic mass is 9.85. The van der Waals surface area contributed by atoms with Crippen molar-refractivity contribution in [1.82, 2.24) is 5.32 Å². The van der Waals surface area contributed by atoms with Gasteiger partial charge in [0.25, 0.3) is 0 Å². The number of hydrogen-bond donors (Lipinski definition) is 2. The van der Waals surface area contributed by atoms with E-state index in [9.17, 15) is 4.79 Å². The molecule has 2 rings (SSSR count). The van der Waals surface area contributed by atoms with Gasteiger partial charge in [0, 0.05) is 32.4 Å². The minimum absolute atomic E-state index is 0. The first-order valence-electron chi connectivity index (χ1n) is 7.42. The van der Waals surface area contributed by atoms with Crippen LogP contribution in [0.4, 0.5) is 5.69 Å². The Morgan fingerprint density at radius 2 is 1.82 bits per heavy atom. The Bertz CT molecular complexity index is 436. The first-order chi connectivity index (χ1) is 9.68. The minimum Gasteiger partial charge on any atom is -0.373 e. The van der Waals surface area contributed by atoms with Gasteiger partial charge in [-0.15, -0.1) is 24.8 Å². The van der Waals surface area contributed by atoms with E-state index in [4.69, 9.17) is 5.73 Å². The maximum absolute atomic E-state index is 12.3. The summed E-state index contributed by atoms with van der Waals surface area (Å²) >= 11 is 0. The number of nitrogens with zero attached hydrogens (tertiary/aromatic N) is 1. The third-order valence-electron chi connectivity index (χ3n) is 4.36. The number of amides is 1. The van der Waals surface area contributed by atoms with Gasteiger partial charge in [0.05, 0.1) is 5.41 Å². The van der Waals surface area contributed by atoms with Gasteiger partial charge in [-0.25, -0.2) is 0 Å². The molecule has 4 nitrogen and oxygen atoms in total. The average molecular weight is 348 g/mol. The second-order valence-electron chi connectivity index (χ2n) is 5.70. The van der Waals surface area contributed by atoms with Crippen molar-refractivity contribution in [3.05, 3.63) is 30.3 Å². The minimum atomic E-state index is -0.300. The molecule has 126 valence electrons. The number of hydrogen-bond acceptors (Lipinski definition) is 3. The van der Waals surface area contributed by atoms with Crippen molar-refractivity contribution in [2.24, 2.45) is 11.1 Å². The SMILES string of the molecule is CN(CCNC(=O)C1(CN)CCCC1)c1ccccc1.Cl.Cl. The molecule has 1 aromatic rings. The predicted molar refractivity (Wildman–Crippen MR) is 97.2 cm³/mol. The normalized spacial score (nSPS) is 15.4. The standard InChI is InChI=1S/C16H25N3O.2ClH/c1-19(14-7-3-2-4-8-14)12-11-18-15(20)16(13-17)9-5-6-10-16;;/h2-4,7-8H,5-6,9-13,17H2,1H3,(H,18,20);2*1H. The van der Waals surface area contributed by atoms with E-state index in [1.54, 1.807) is 0 Å². The number of para-hydroxylation sites is 1. The van der Waals surface area contributed by atoms with Crippen LogP contribution in [0.5, 0.6) is 0 Å². The van der Waals surface area contributed by atoms with Gasteiger partial charge in [-0.2, -0.15) is 0 Å². The summed E-state index contributed by atoms with van der Waals surface area (Å²) in [4.78, 5) is 14.4. The number of nitrogens with one attached hydrogen (secondary N) is 1. The zero-order chi connectivity index (χ0) is 14.4. The van der Waals surface area contributed by atoms with Gasteiger partial charge >= 0.3 is 0 Å². The Morgan fingerprint density at radius 3 is 2.36 bits per heavy atom. The summed E-state index contributed by atoms with van der Waals surface area (Å²) in [6.07, 6.45) is 4.11. The molecule has 0 aliphatic heterocycles. The molecule has 1 aliphatic carbocycles. The van der Waals surface area contributed by atoms with E-state index in [0.29, 0.717) is 13.1 Å². The van der Waals surface area contributed by atoms with Crippen molar-refractivity contribution in [1.29, 1.82) is 0 Å². The smallest absolute Gasteiger partial charge is 0.227 e. The summed E-state index contributed by atoms with van der Waals surface area (Å²) in [5, 5.41) is 3.06. The van der Waals surface area contributed by atoms with Crippen LogP contribution in [0.2, 0.25) is 0 Å². The van der Waals surface area contributed by atoms with Crippen molar-refractivity contribution in [2.75, 3.05) is 31.6 Å². The number of halogens is 2. The molecule has 1 saturated carbocycles. The number of rotatable bonds is 6. The molecule has 1 amide bonds. The molecule has 1 aromatic carbocycles. The molecule has 1 fully saturated rings. The molecule has 1 aliphatic rings. The Labute approximate surface area is 145 Å². The molecular formula is C16H27Cl2N3O. The van der Waals surface area contributed by atoms with E-state index in [0.717, 1.165) is 37.9 Å². The van der Waals surface area contributed by atoms with E-state index in [1.807, 2.05) is 25.2 Å². The van der Waals surface area contributed by atoms with E-state index in [-0.39, 0.29) is 36.1 Å². The molecule has 0 heterocycles. The third-order valence-corrected chi connectivity index (χ3v) is 4.36. The van der Waals surface area contributed by atoms with Crippen molar-refractivity contribution < 1.29 is 4.79 Å². The number of carbonyl (C=O) groups is 1. The maximum Gasteiger partial charge on any atom is 0.227 e. The molecule has 0 aromatic heterocycles. The zero-order valence-electron chi connectivity index (χ0n) is 13.1.